The summed E-state index contributed by atoms with van der Waals surface area (Å²) in [7, 11) is 3.48. The third-order valence-corrected chi connectivity index (χ3v) is 6.16. The van der Waals surface area contributed by atoms with Crippen LogP contribution in [0.1, 0.15) is 11.4 Å². The summed E-state index contributed by atoms with van der Waals surface area (Å²) >= 11 is 1.33. The SMILES string of the molecule is COc1ccc(NC(=O)CSc2nnc(COc3ccc4ccccc4c3C)n2C)cc1. The number of rotatable bonds is 8. The summed E-state index contributed by atoms with van der Waals surface area (Å²) < 4.78 is 13.0. The highest BCUT2D eigenvalue weighted by atomic mass is 32.2. The van der Waals surface area contributed by atoms with Crippen LogP contribution in [0.25, 0.3) is 10.8 Å². The van der Waals surface area contributed by atoms with Crippen LogP contribution in [0.2, 0.25) is 0 Å². The predicted molar refractivity (Wildman–Crippen MR) is 126 cm³/mol. The lowest BCUT2D eigenvalue weighted by Crippen LogP contribution is -2.14. The third-order valence-electron chi connectivity index (χ3n) is 5.14. The summed E-state index contributed by atoms with van der Waals surface area (Å²) in [5, 5.41) is 14.3. The molecule has 0 aliphatic rings. The maximum absolute atomic E-state index is 12.3. The minimum Gasteiger partial charge on any atom is -0.497 e. The minimum absolute atomic E-state index is 0.118. The van der Waals surface area contributed by atoms with E-state index in [9.17, 15) is 4.79 Å². The maximum atomic E-state index is 12.3. The molecule has 0 saturated carbocycles. The number of aromatic nitrogens is 3. The van der Waals surface area contributed by atoms with Crippen molar-refractivity contribution in [3.05, 3.63) is 72.1 Å². The van der Waals surface area contributed by atoms with Crippen LogP contribution >= 0.6 is 11.8 Å². The Labute approximate surface area is 190 Å². The van der Waals surface area contributed by atoms with Crippen LogP contribution < -0.4 is 14.8 Å². The van der Waals surface area contributed by atoms with Gasteiger partial charge in [-0.2, -0.15) is 0 Å². The summed E-state index contributed by atoms with van der Waals surface area (Å²) in [5.74, 6) is 2.36. The molecule has 0 radical (unpaired) electrons. The zero-order valence-corrected chi connectivity index (χ0v) is 19.0. The minimum atomic E-state index is -0.118. The summed E-state index contributed by atoms with van der Waals surface area (Å²) in [6, 6.07) is 19.5. The second-order valence-electron chi connectivity index (χ2n) is 7.22. The van der Waals surface area contributed by atoms with Crippen molar-refractivity contribution >= 4 is 34.1 Å². The Bertz CT molecular complexity index is 1240. The Hall–Kier alpha value is -3.52. The van der Waals surface area contributed by atoms with E-state index in [0.717, 1.165) is 17.1 Å². The number of benzene rings is 3. The molecular weight excluding hydrogens is 424 g/mol. The molecule has 1 heterocycles. The van der Waals surface area contributed by atoms with Gasteiger partial charge in [0.05, 0.1) is 12.9 Å². The van der Waals surface area contributed by atoms with Gasteiger partial charge in [-0.25, -0.2) is 0 Å². The maximum Gasteiger partial charge on any atom is 0.234 e. The highest BCUT2D eigenvalue weighted by Crippen LogP contribution is 2.28. The quantitative estimate of drug-likeness (QED) is 0.397. The summed E-state index contributed by atoms with van der Waals surface area (Å²) in [4.78, 5) is 12.3. The number of carbonyl (C=O) groups is 1. The van der Waals surface area contributed by atoms with Crippen LogP contribution in [0.5, 0.6) is 11.5 Å². The Balaban J connectivity index is 1.34. The Morgan fingerprint density at radius 3 is 2.62 bits per heavy atom. The molecule has 0 fully saturated rings. The lowest BCUT2D eigenvalue weighted by atomic mass is 10.0. The fourth-order valence-electron chi connectivity index (χ4n) is 3.30. The molecule has 8 heteroatoms. The Morgan fingerprint density at radius 1 is 1.06 bits per heavy atom. The summed E-state index contributed by atoms with van der Waals surface area (Å²) in [5.41, 5.74) is 1.81. The van der Waals surface area contributed by atoms with Gasteiger partial charge in [0.15, 0.2) is 11.0 Å². The molecule has 0 unspecified atom stereocenters. The van der Waals surface area contributed by atoms with Gasteiger partial charge in [-0.3, -0.25) is 4.79 Å². The fourth-order valence-corrected chi connectivity index (χ4v) is 4.03. The van der Waals surface area contributed by atoms with E-state index in [2.05, 4.69) is 40.6 Å². The zero-order chi connectivity index (χ0) is 22.5. The first-order chi connectivity index (χ1) is 15.5. The van der Waals surface area contributed by atoms with Crippen LogP contribution in [-0.4, -0.2) is 33.5 Å². The highest BCUT2D eigenvalue weighted by molar-refractivity contribution is 7.99. The number of fused-ring (bicyclic) bond motifs is 1. The molecular formula is C24H24N4O3S. The van der Waals surface area contributed by atoms with E-state index < -0.39 is 0 Å². The Morgan fingerprint density at radius 2 is 1.84 bits per heavy atom. The number of methoxy groups -OCH3 is 1. The second kappa shape index (κ2) is 9.74. The van der Waals surface area contributed by atoms with E-state index in [1.165, 1.54) is 22.5 Å². The van der Waals surface area contributed by atoms with E-state index in [1.807, 2.05) is 29.8 Å². The molecule has 0 aliphatic carbocycles. The summed E-state index contributed by atoms with van der Waals surface area (Å²) in [6.07, 6.45) is 0. The van der Waals surface area contributed by atoms with E-state index in [4.69, 9.17) is 9.47 Å². The number of thioether (sulfide) groups is 1. The van der Waals surface area contributed by atoms with Gasteiger partial charge >= 0.3 is 0 Å². The molecule has 1 N–H and O–H groups in total. The molecule has 0 atom stereocenters. The molecule has 0 aliphatic heterocycles. The molecule has 3 aromatic carbocycles. The normalized spacial score (nSPS) is 10.8. The van der Waals surface area contributed by atoms with Gasteiger partial charge in [-0.15, -0.1) is 10.2 Å². The van der Waals surface area contributed by atoms with Gasteiger partial charge < -0.3 is 19.4 Å². The third kappa shape index (κ3) is 4.86. The zero-order valence-electron chi connectivity index (χ0n) is 18.2. The van der Waals surface area contributed by atoms with Crippen molar-refractivity contribution in [3.8, 4) is 11.5 Å². The highest BCUT2D eigenvalue weighted by Gasteiger charge is 2.13. The van der Waals surface area contributed by atoms with Gasteiger partial charge in [0.2, 0.25) is 5.91 Å². The standard InChI is InChI=1S/C24H24N4O3S/c1-16-20-7-5-4-6-17(20)8-13-21(16)31-14-22-26-27-24(28(22)2)32-15-23(29)25-18-9-11-19(30-3)12-10-18/h4-13H,14-15H2,1-3H3,(H,25,29). The van der Waals surface area contributed by atoms with E-state index in [0.29, 0.717) is 23.3 Å². The number of hydrogen-bond acceptors (Lipinski definition) is 6. The number of nitrogens with one attached hydrogen (secondary N) is 1. The second-order valence-corrected chi connectivity index (χ2v) is 8.16. The largest absolute Gasteiger partial charge is 0.497 e. The fraction of sp³-hybridized carbons (Fsp3) is 0.208. The summed E-state index contributed by atoms with van der Waals surface area (Å²) in [6.45, 7) is 2.35. The van der Waals surface area contributed by atoms with Crippen molar-refractivity contribution in [1.29, 1.82) is 0 Å². The molecule has 0 bridgehead atoms. The Kier molecular flexibility index (Phi) is 6.61. The number of aryl methyl sites for hydroxylation is 1. The topological polar surface area (TPSA) is 78.3 Å². The van der Waals surface area contributed by atoms with Crippen LogP contribution in [0.4, 0.5) is 5.69 Å². The number of hydrogen-bond donors (Lipinski definition) is 1. The monoisotopic (exact) mass is 448 g/mol. The van der Waals surface area contributed by atoms with Crippen molar-refractivity contribution in [3.63, 3.8) is 0 Å². The average molecular weight is 449 g/mol. The van der Waals surface area contributed by atoms with Crippen molar-refractivity contribution < 1.29 is 14.3 Å². The van der Waals surface area contributed by atoms with Crippen LogP contribution in [0, 0.1) is 6.92 Å². The van der Waals surface area contributed by atoms with E-state index >= 15 is 0 Å². The molecule has 32 heavy (non-hydrogen) atoms. The van der Waals surface area contributed by atoms with Gasteiger partial charge in [-0.05, 0) is 53.6 Å². The van der Waals surface area contributed by atoms with Gasteiger partial charge in [0.25, 0.3) is 0 Å². The number of carbonyl (C=O) groups excluding carboxylic acids is 1. The molecule has 4 aromatic rings. The van der Waals surface area contributed by atoms with E-state index in [-0.39, 0.29) is 11.7 Å². The van der Waals surface area contributed by atoms with Crippen LogP contribution in [0.15, 0.2) is 65.8 Å². The van der Waals surface area contributed by atoms with Crippen molar-refractivity contribution in [1.82, 2.24) is 14.8 Å². The first-order valence-electron chi connectivity index (χ1n) is 10.1. The molecule has 1 amide bonds. The molecule has 7 nitrogen and oxygen atoms in total. The average Bonchev–Trinajstić information content (AvgIpc) is 3.17. The van der Waals surface area contributed by atoms with Crippen LogP contribution in [0.3, 0.4) is 0 Å². The molecule has 4 rings (SSSR count). The molecule has 1 aromatic heterocycles. The number of anilines is 1. The van der Waals surface area contributed by atoms with Gasteiger partial charge in [-0.1, -0.05) is 42.1 Å². The molecule has 0 spiro atoms. The van der Waals surface area contributed by atoms with Crippen molar-refractivity contribution in [2.75, 3.05) is 18.2 Å². The molecule has 164 valence electrons. The number of ether oxygens (including phenoxy) is 2. The van der Waals surface area contributed by atoms with Gasteiger partial charge in [0.1, 0.15) is 18.1 Å². The molecule has 0 saturated heterocycles. The van der Waals surface area contributed by atoms with Gasteiger partial charge in [0, 0.05) is 12.7 Å². The lowest BCUT2D eigenvalue weighted by Gasteiger charge is -2.11. The van der Waals surface area contributed by atoms with Crippen molar-refractivity contribution in [2.24, 2.45) is 7.05 Å². The lowest BCUT2D eigenvalue weighted by molar-refractivity contribution is -0.113. The number of amides is 1. The van der Waals surface area contributed by atoms with Crippen molar-refractivity contribution in [2.45, 2.75) is 18.7 Å². The smallest absolute Gasteiger partial charge is 0.234 e. The van der Waals surface area contributed by atoms with Crippen LogP contribution in [-0.2, 0) is 18.4 Å². The first-order valence-corrected chi connectivity index (χ1v) is 11.1. The first kappa shape index (κ1) is 21.7. The number of nitrogens with zero attached hydrogens (tertiary/aromatic N) is 3. The predicted octanol–water partition coefficient (Wildman–Crippen LogP) is 4.60. The van der Waals surface area contributed by atoms with E-state index in [1.54, 1.807) is 31.4 Å².